The zero-order valence-electron chi connectivity index (χ0n) is 11.6. The van der Waals surface area contributed by atoms with Crippen LogP contribution >= 0.6 is 0 Å². The third-order valence-corrected chi connectivity index (χ3v) is 3.48. The van der Waals surface area contributed by atoms with Crippen LogP contribution in [0.25, 0.3) is 0 Å². The van der Waals surface area contributed by atoms with E-state index in [2.05, 4.69) is 27.6 Å². The summed E-state index contributed by atoms with van der Waals surface area (Å²) < 4.78 is 5.48. The average molecular weight is 265 g/mol. The molecule has 0 aliphatic heterocycles. The van der Waals surface area contributed by atoms with Crippen LogP contribution in [0.1, 0.15) is 38.4 Å². The van der Waals surface area contributed by atoms with Gasteiger partial charge in [0, 0.05) is 19.6 Å². The molecule has 6 heteroatoms. The fourth-order valence-electron chi connectivity index (χ4n) is 2.54. The molecule has 1 aliphatic rings. The lowest BCUT2D eigenvalue weighted by Gasteiger charge is -2.20. The second-order valence-electron chi connectivity index (χ2n) is 4.90. The molecule has 4 N–H and O–H groups in total. The van der Waals surface area contributed by atoms with Gasteiger partial charge in [-0.15, -0.1) is 0 Å². The SMILES string of the molecule is CCCc1nc(NN)cc(NC2CCCC2OC)n1. The van der Waals surface area contributed by atoms with Gasteiger partial charge in [0.05, 0.1) is 12.1 Å². The number of nitrogen functional groups attached to an aromatic ring is 1. The second kappa shape index (κ2) is 6.68. The Morgan fingerprint density at radius 3 is 2.84 bits per heavy atom. The van der Waals surface area contributed by atoms with Crippen molar-refractivity contribution in [2.75, 3.05) is 17.9 Å². The Balaban J connectivity index is 2.12. The third kappa shape index (κ3) is 3.54. The number of nitrogens with one attached hydrogen (secondary N) is 2. The molecule has 0 bridgehead atoms. The van der Waals surface area contributed by atoms with Crippen LogP contribution in [0.2, 0.25) is 0 Å². The van der Waals surface area contributed by atoms with Crippen molar-refractivity contribution in [1.82, 2.24) is 9.97 Å². The van der Waals surface area contributed by atoms with E-state index in [-0.39, 0.29) is 6.10 Å². The Morgan fingerprint density at radius 1 is 1.37 bits per heavy atom. The number of methoxy groups -OCH3 is 1. The van der Waals surface area contributed by atoms with Crippen molar-refractivity contribution >= 4 is 11.6 Å². The number of hydrazine groups is 1. The molecule has 0 spiro atoms. The summed E-state index contributed by atoms with van der Waals surface area (Å²) in [5.41, 5.74) is 2.59. The Morgan fingerprint density at radius 2 is 2.16 bits per heavy atom. The molecule has 0 aromatic carbocycles. The first kappa shape index (κ1) is 14.0. The number of hydrogen-bond acceptors (Lipinski definition) is 6. The Kier molecular flexibility index (Phi) is 4.93. The smallest absolute Gasteiger partial charge is 0.145 e. The molecule has 1 aromatic heterocycles. The molecule has 0 radical (unpaired) electrons. The Bertz CT molecular complexity index is 412. The van der Waals surface area contributed by atoms with E-state index in [4.69, 9.17) is 10.6 Å². The normalized spacial score (nSPS) is 22.5. The maximum Gasteiger partial charge on any atom is 0.145 e. The zero-order chi connectivity index (χ0) is 13.7. The first-order valence-corrected chi connectivity index (χ1v) is 6.90. The summed E-state index contributed by atoms with van der Waals surface area (Å²) in [6.07, 6.45) is 5.52. The van der Waals surface area contributed by atoms with E-state index >= 15 is 0 Å². The van der Waals surface area contributed by atoms with Crippen molar-refractivity contribution in [3.8, 4) is 0 Å². The summed E-state index contributed by atoms with van der Waals surface area (Å²) in [5, 5.41) is 3.44. The van der Waals surface area contributed by atoms with Gasteiger partial charge in [0.25, 0.3) is 0 Å². The van der Waals surface area contributed by atoms with Gasteiger partial charge in [-0.1, -0.05) is 6.92 Å². The Labute approximate surface area is 114 Å². The minimum Gasteiger partial charge on any atom is -0.379 e. The van der Waals surface area contributed by atoms with Gasteiger partial charge in [0.15, 0.2) is 0 Å². The fourth-order valence-corrected chi connectivity index (χ4v) is 2.54. The summed E-state index contributed by atoms with van der Waals surface area (Å²) in [7, 11) is 1.76. The number of rotatable bonds is 6. The number of ether oxygens (including phenoxy) is 1. The topological polar surface area (TPSA) is 85.1 Å². The monoisotopic (exact) mass is 265 g/mol. The lowest BCUT2D eigenvalue weighted by molar-refractivity contribution is 0.101. The first-order chi connectivity index (χ1) is 9.26. The third-order valence-electron chi connectivity index (χ3n) is 3.48. The summed E-state index contributed by atoms with van der Waals surface area (Å²) >= 11 is 0. The number of nitrogens with zero attached hydrogens (tertiary/aromatic N) is 2. The molecule has 1 aromatic rings. The van der Waals surface area contributed by atoms with E-state index in [0.717, 1.165) is 37.3 Å². The van der Waals surface area contributed by atoms with E-state index in [1.807, 2.05) is 6.07 Å². The van der Waals surface area contributed by atoms with E-state index in [0.29, 0.717) is 11.9 Å². The minimum absolute atomic E-state index is 0.263. The predicted octanol–water partition coefficient (Wildman–Crippen LogP) is 1.69. The summed E-state index contributed by atoms with van der Waals surface area (Å²) in [5.74, 6) is 7.73. The molecule has 6 nitrogen and oxygen atoms in total. The average Bonchev–Trinajstić information content (AvgIpc) is 2.86. The van der Waals surface area contributed by atoms with Gasteiger partial charge in [0.2, 0.25) is 0 Å². The van der Waals surface area contributed by atoms with E-state index < -0.39 is 0 Å². The summed E-state index contributed by atoms with van der Waals surface area (Å²) in [6.45, 7) is 2.11. The van der Waals surface area contributed by atoms with Gasteiger partial charge < -0.3 is 15.5 Å². The van der Waals surface area contributed by atoms with Crippen molar-refractivity contribution in [3.05, 3.63) is 11.9 Å². The van der Waals surface area contributed by atoms with Gasteiger partial charge in [-0.3, -0.25) is 0 Å². The molecular weight excluding hydrogens is 242 g/mol. The van der Waals surface area contributed by atoms with Crippen molar-refractivity contribution in [3.63, 3.8) is 0 Å². The van der Waals surface area contributed by atoms with Crippen LogP contribution in [0.5, 0.6) is 0 Å². The highest BCUT2D eigenvalue weighted by Crippen LogP contribution is 2.25. The summed E-state index contributed by atoms with van der Waals surface area (Å²) in [6, 6.07) is 2.16. The fraction of sp³-hybridized carbons (Fsp3) is 0.692. The van der Waals surface area contributed by atoms with Crippen molar-refractivity contribution in [2.45, 2.75) is 51.2 Å². The second-order valence-corrected chi connectivity index (χ2v) is 4.90. The van der Waals surface area contributed by atoms with Crippen LogP contribution in [0.15, 0.2) is 6.07 Å². The van der Waals surface area contributed by atoms with Gasteiger partial charge in [-0.05, 0) is 25.7 Å². The van der Waals surface area contributed by atoms with Crippen molar-refractivity contribution < 1.29 is 4.74 Å². The lowest BCUT2D eigenvalue weighted by Crippen LogP contribution is -2.30. The maximum absolute atomic E-state index is 5.48. The first-order valence-electron chi connectivity index (χ1n) is 6.90. The lowest BCUT2D eigenvalue weighted by atomic mass is 10.2. The van der Waals surface area contributed by atoms with Gasteiger partial charge in [-0.25, -0.2) is 15.8 Å². The van der Waals surface area contributed by atoms with Gasteiger partial charge >= 0.3 is 0 Å². The molecule has 0 saturated heterocycles. The van der Waals surface area contributed by atoms with Crippen LogP contribution < -0.4 is 16.6 Å². The van der Waals surface area contributed by atoms with Crippen LogP contribution in [0, 0.1) is 0 Å². The van der Waals surface area contributed by atoms with E-state index in [9.17, 15) is 0 Å². The van der Waals surface area contributed by atoms with E-state index in [1.54, 1.807) is 7.11 Å². The molecule has 1 aliphatic carbocycles. The number of nitrogens with two attached hydrogens (primary N) is 1. The van der Waals surface area contributed by atoms with Crippen LogP contribution in [-0.2, 0) is 11.2 Å². The number of anilines is 2. The Hall–Kier alpha value is -1.40. The standard InChI is InChI=1S/C13H23N5O/c1-3-5-11-16-12(8-13(17-11)18-14)15-9-6-4-7-10(9)19-2/h8-10H,3-7,14H2,1-2H3,(H2,15,16,17,18). The molecule has 2 rings (SSSR count). The largest absolute Gasteiger partial charge is 0.379 e. The number of hydrogen-bond donors (Lipinski definition) is 3. The zero-order valence-corrected chi connectivity index (χ0v) is 11.6. The van der Waals surface area contributed by atoms with E-state index in [1.165, 1.54) is 6.42 Å². The molecular formula is C13H23N5O. The quantitative estimate of drug-likeness (QED) is 0.536. The minimum atomic E-state index is 0.263. The van der Waals surface area contributed by atoms with Gasteiger partial charge in [-0.2, -0.15) is 0 Å². The summed E-state index contributed by atoms with van der Waals surface area (Å²) in [4.78, 5) is 8.87. The van der Waals surface area contributed by atoms with Gasteiger partial charge in [0.1, 0.15) is 17.5 Å². The highest BCUT2D eigenvalue weighted by atomic mass is 16.5. The number of aryl methyl sites for hydroxylation is 1. The predicted molar refractivity (Wildman–Crippen MR) is 75.9 cm³/mol. The van der Waals surface area contributed by atoms with Crippen molar-refractivity contribution in [2.24, 2.45) is 5.84 Å². The molecule has 2 atom stereocenters. The molecule has 19 heavy (non-hydrogen) atoms. The maximum atomic E-state index is 5.48. The van der Waals surface area contributed by atoms with Crippen LogP contribution in [0.3, 0.4) is 0 Å². The molecule has 1 fully saturated rings. The van der Waals surface area contributed by atoms with Crippen molar-refractivity contribution in [1.29, 1.82) is 0 Å². The highest BCUT2D eigenvalue weighted by Gasteiger charge is 2.27. The molecule has 1 saturated carbocycles. The highest BCUT2D eigenvalue weighted by molar-refractivity contribution is 5.47. The molecule has 0 amide bonds. The molecule has 1 heterocycles. The molecule has 2 unspecified atom stereocenters. The van der Waals surface area contributed by atoms with Crippen LogP contribution in [0.4, 0.5) is 11.6 Å². The number of aromatic nitrogens is 2. The van der Waals surface area contributed by atoms with Crippen LogP contribution in [-0.4, -0.2) is 29.2 Å². The molecule has 106 valence electrons.